The molecule has 3 nitrogen and oxygen atoms in total. The summed E-state index contributed by atoms with van der Waals surface area (Å²) in [6.07, 6.45) is 3.44. The highest BCUT2D eigenvalue weighted by molar-refractivity contribution is 6.01. The summed E-state index contributed by atoms with van der Waals surface area (Å²) in [4.78, 5) is 11.3. The van der Waals surface area contributed by atoms with E-state index in [1.807, 2.05) is 12.3 Å². The average Bonchev–Trinajstić information content (AvgIpc) is 3.04. The minimum atomic E-state index is 0.0771. The second-order valence-corrected chi connectivity index (χ2v) is 12.7. The molecule has 1 aromatic heterocycles. The Morgan fingerprint density at radius 1 is 0.543 bits per heavy atom. The van der Waals surface area contributed by atoms with Gasteiger partial charge in [0.2, 0.25) is 0 Å². The highest BCUT2D eigenvalue weighted by Gasteiger charge is 2.27. The van der Waals surface area contributed by atoms with Crippen LogP contribution in [0.2, 0.25) is 0 Å². The molecule has 0 N–H and O–H groups in total. The molecule has 0 bridgehead atoms. The maximum Gasteiger partial charge on any atom is 0.140 e. The molecule has 0 amide bonds. The van der Waals surface area contributed by atoms with Crippen molar-refractivity contribution in [2.75, 3.05) is 4.90 Å². The van der Waals surface area contributed by atoms with E-state index < -0.39 is 0 Å². The van der Waals surface area contributed by atoms with Gasteiger partial charge >= 0.3 is 0 Å². The molecule has 0 aliphatic rings. The highest BCUT2D eigenvalue weighted by atomic mass is 15.2. The Labute approximate surface area is 272 Å². The molecule has 1 heterocycles. The van der Waals surface area contributed by atoms with Gasteiger partial charge in [-0.25, -0.2) is 9.97 Å². The standard InChI is InChI=1S/C43H39N3/c1-27-21-29(3)41(30(4)22-27)43(42-31(5)23-28(2)24-32(42)6)38-17-18-39(37-14-10-9-13-36(37)38)46(40-19-20-44-26-45-40)35-16-15-33-11-7-8-12-34(33)25-35/h7-26,43H,1-6H3. The molecule has 7 rings (SSSR count). The van der Waals surface area contributed by atoms with Crippen molar-refractivity contribution < 1.29 is 0 Å². The van der Waals surface area contributed by atoms with Crippen LogP contribution in [0.25, 0.3) is 21.5 Å². The Bertz CT molecular complexity index is 2130. The summed E-state index contributed by atoms with van der Waals surface area (Å²) in [5.74, 6) is 0.906. The maximum atomic E-state index is 4.75. The zero-order valence-electron chi connectivity index (χ0n) is 27.5. The predicted molar refractivity (Wildman–Crippen MR) is 194 cm³/mol. The SMILES string of the molecule is Cc1cc(C)c(C(c2c(C)cc(C)cc2C)c2ccc(N(c3ccc4ccccc4c3)c3ccncn3)c3ccccc23)c(C)c1. The van der Waals surface area contributed by atoms with Gasteiger partial charge in [0.1, 0.15) is 12.1 Å². The first-order chi connectivity index (χ1) is 22.3. The fourth-order valence-corrected chi connectivity index (χ4v) is 7.63. The second kappa shape index (κ2) is 11.9. The number of hydrogen-bond acceptors (Lipinski definition) is 3. The summed E-state index contributed by atoms with van der Waals surface area (Å²) in [7, 11) is 0. The molecule has 0 unspecified atom stereocenters. The molecule has 0 radical (unpaired) electrons. The van der Waals surface area contributed by atoms with Crippen LogP contribution >= 0.6 is 0 Å². The molecule has 0 spiro atoms. The van der Waals surface area contributed by atoms with Crippen molar-refractivity contribution in [1.82, 2.24) is 9.97 Å². The third-order valence-electron chi connectivity index (χ3n) is 9.33. The second-order valence-electron chi connectivity index (χ2n) is 12.7. The van der Waals surface area contributed by atoms with Crippen LogP contribution in [0.4, 0.5) is 17.2 Å². The molecule has 46 heavy (non-hydrogen) atoms. The van der Waals surface area contributed by atoms with E-state index in [2.05, 4.69) is 155 Å². The summed E-state index contributed by atoms with van der Waals surface area (Å²) in [6.45, 7) is 13.5. The van der Waals surface area contributed by atoms with Crippen LogP contribution in [0.1, 0.15) is 56.0 Å². The number of aryl methyl sites for hydroxylation is 6. The van der Waals surface area contributed by atoms with E-state index in [1.54, 1.807) is 6.33 Å². The molecule has 6 aromatic carbocycles. The van der Waals surface area contributed by atoms with E-state index in [0.29, 0.717) is 0 Å². The number of anilines is 3. The van der Waals surface area contributed by atoms with Crippen molar-refractivity contribution in [3.63, 3.8) is 0 Å². The summed E-state index contributed by atoms with van der Waals surface area (Å²) in [5.41, 5.74) is 14.1. The summed E-state index contributed by atoms with van der Waals surface area (Å²) < 4.78 is 0. The van der Waals surface area contributed by atoms with Crippen LogP contribution in [0.5, 0.6) is 0 Å². The molecule has 0 fully saturated rings. The van der Waals surface area contributed by atoms with Crippen LogP contribution in [-0.4, -0.2) is 9.97 Å². The van der Waals surface area contributed by atoms with Crippen molar-refractivity contribution in [3.8, 4) is 0 Å². The van der Waals surface area contributed by atoms with Crippen molar-refractivity contribution in [1.29, 1.82) is 0 Å². The Balaban J connectivity index is 1.52. The Kier molecular flexibility index (Phi) is 7.62. The lowest BCUT2D eigenvalue weighted by molar-refractivity contribution is 0.928. The fourth-order valence-electron chi connectivity index (χ4n) is 7.63. The van der Waals surface area contributed by atoms with E-state index >= 15 is 0 Å². The van der Waals surface area contributed by atoms with Gasteiger partial charge in [-0.05, 0) is 121 Å². The van der Waals surface area contributed by atoms with Crippen LogP contribution in [0.15, 0.2) is 122 Å². The summed E-state index contributed by atoms with van der Waals surface area (Å²) >= 11 is 0. The van der Waals surface area contributed by atoms with Gasteiger partial charge in [-0.15, -0.1) is 0 Å². The van der Waals surface area contributed by atoms with E-state index in [4.69, 9.17) is 4.98 Å². The number of rotatable bonds is 6. The molecule has 7 aromatic rings. The van der Waals surface area contributed by atoms with Gasteiger partial charge in [-0.1, -0.05) is 96.1 Å². The monoisotopic (exact) mass is 597 g/mol. The lowest BCUT2D eigenvalue weighted by Gasteiger charge is -2.30. The summed E-state index contributed by atoms with van der Waals surface area (Å²) in [6, 6.07) is 40.0. The minimum absolute atomic E-state index is 0.0771. The summed E-state index contributed by atoms with van der Waals surface area (Å²) in [5, 5.41) is 4.82. The van der Waals surface area contributed by atoms with Gasteiger partial charge in [0.15, 0.2) is 0 Å². The van der Waals surface area contributed by atoms with Crippen molar-refractivity contribution in [2.45, 2.75) is 47.5 Å². The van der Waals surface area contributed by atoms with Gasteiger partial charge in [0.05, 0.1) is 5.69 Å². The average molecular weight is 598 g/mol. The van der Waals surface area contributed by atoms with Gasteiger partial charge in [0, 0.05) is 23.2 Å². The van der Waals surface area contributed by atoms with E-state index in [1.165, 1.54) is 71.6 Å². The van der Waals surface area contributed by atoms with E-state index in [-0.39, 0.29) is 5.92 Å². The number of aromatic nitrogens is 2. The number of fused-ring (bicyclic) bond motifs is 2. The van der Waals surface area contributed by atoms with Crippen LogP contribution in [-0.2, 0) is 0 Å². The first-order valence-corrected chi connectivity index (χ1v) is 16.0. The number of hydrogen-bond donors (Lipinski definition) is 0. The molecule has 0 saturated heterocycles. The third-order valence-corrected chi connectivity index (χ3v) is 9.33. The first kappa shape index (κ1) is 29.4. The molecule has 0 saturated carbocycles. The van der Waals surface area contributed by atoms with Crippen molar-refractivity contribution in [2.24, 2.45) is 0 Å². The zero-order chi connectivity index (χ0) is 31.9. The number of nitrogens with zero attached hydrogens (tertiary/aromatic N) is 3. The molecular formula is C43H39N3. The fraction of sp³-hybridized carbons (Fsp3) is 0.163. The number of benzene rings is 6. The molecule has 3 heteroatoms. The lowest BCUT2D eigenvalue weighted by Crippen LogP contribution is -2.14. The van der Waals surface area contributed by atoms with Crippen molar-refractivity contribution >= 4 is 38.7 Å². The van der Waals surface area contributed by atoms with E-state index in [0.717, 1.165) is 17.2 Å². The maximum absolute atomic E-state index is 4.75. The lowest BCUT2D eigenvalue weighted by atomic mass is 9.75. The minimum Gasteiger partial charge on any atom is -0.294 e. The molecule has 0 atom stereocenters. The van der Waals surface area contributed by atoms with E-state index in [9.17, 15) is 0 Å². The highest BCUT2D eigenvalue weighted by Crippen LogP contribution is 2.46. The topological polar surface area (TPSA) is 29.0 Å². The molecule has 0 aliphatic carbocycles. The quantitative estimate of drug-likeness (QED) is 0.179. The van der Waals surface area contributed by atoms with Gasteiger partial charge < -0.3 is 0 Å². The predicted octanol–water partition coefficient (Wildman–Crippen LogP) is 11.3. The third kappa shape index (κ3) is 5.22. The normalized spacial score (nSPS) is 11.5. The Morgan fingerprint density at radius 2 is 1.13 bits per heavy atom. The van der Waals surface area contributed by atoms with Crippen LogP contribution in [0.3, 0.4) is 0 Å². The smallest absolute Gasteiger partial charge is 0.140 e. The van der Waals surface area contributed by atoms with Crippen LogP contribution < -0.4 is 4.90 Å². The molecular weight excluding hydrogens is 558 g/mol. The zero-order valence-corrected chi connectivity index (χ0v) is 27.5. The van der Waals surface area contributed by atoms with Gasteiger partial charge in [-0.3, -0.25) is 4.90 Å². The largest absolute Gasteiger partial charge is 0.294 e. The Morgan fingerprint density at radius 3 is 1.74 bits per heavy atom. The van der Waals surface area contributed by atoms with Gasteiger partial charge in [-0.2, -0.15) is 0 Å². The van der Waals surface area contributed by atoms with Crippen LogP contribution in [0, 0.1) is 41.5 Å². The molecule has 226 valence electrons. The van der Waals surface area contributed by atoms with Gasteiger partial charge in [0.25, 0.3) is 0 Å². The molecule has 0 aliphatic heterocycles. The Hall–Kier alpha value is -5.28. The first-order valence-electron chi connectivity index (χ1n) is 16.0. The van der Waals surface area contributed by atoms with Crippen molar-refractivity contribution in [3.05, 3.63) is 172 Å².